The number of benzene rings is 2. The Balaban J connectivity index is 1.77. The van der Waals surface area contributed by atoms with Gasteiger partial charge in [-0.25, -0.2) is 4.98 Å². The fraction of sp³-hybridized carbons (Fsp3) is 0. The molecule has 0 aliphatic rings. The molecule has 25 heavy (non-hydrogen) atoms. The number of pyridine rings is 1. The fourth-order valence-electron chi connectivity index (χ4n) is 2.18. The summed E-state index contributed by atoms with van der Waals surface area (Å²) >= 11 is 0. The van der Waals surface area contributed by atoms with Gasteiger partial charge in [-0.05, 0) is 54.5 Å². The maximum Gasteiger partial charge on any atom is 0.255 e. The van der Waals surface area contributed by atoms with Crippen molar-refractivity contribution in [3.63, 3.8) is 0 Å². The summed E-state index contributed by atoms with van der Waals surface area (Å²) in [4.78, 5) is 16.5. The number of amides is 1. The highest BCUT2D eigenvalue weighted by molar-refractivity contribution is 6.04. The van der Waals surface area contributed by atoms with Crippen molar-refractivity contribution in [3.8, 4) is 17.9 Å². The van der Waals surface area contributed by atoms with Crippen LogP contribution in [0.1, 0.15) is 27.2 Å². The lowest BCUT2D eigenvalue weighted by atomic mass is 10.1. The minimum absolute atomic E-state index is 0.271. The standard InChI is InChI=1S/C21H13N3O/c22-15-17-6-3-7-18(13-17)21(25)24-20-9-4-5-16(14-20)10-11-19-8-1-2-12-23-19/h1-9,12-14H,(H,24,25). The van der Waals surface area contributed by atoms with Crippen LogP contribution in [0.15, 0.2) is 72.9 Å². The third kappa shape index (κ3) is 4.31. The smallest absolute Gasteiger partial charge is 0.255 e. The van der Waals surface area contributed by atoms with E-state index < -0.39 is 0 Å². The molecule has 0 aliphatic heterocycles. The number of carbonyl (C=O) groups excluding carboxylic acids is 1. The Morgan fingerprint density at radius 2 is 1.76 bits per heavy atom. The first kappa shape index (κ1) is 16.0. The summed E-state index contributed by atoms with van der Waals surface area (Å²) in [5.41, 5.74) is 2.98. The van der Waals surface area contributed by atoms with Gasteiger partial charge in [0.05, 0.1) is 11.6 Å². The lowest BCUT2D eigenvalue weighted by molar-refractivity contribution is 0.102. The minimum atomic E-state index is -0.271. The zero-order valence-corrected chi connectivity index (χ0v) is 13.2. The maximum atomic E-state index is 12.3. The van der Waals surface area contributed by atoms with Crippen LogP contribution < -0.4 is 5.32 Å². The normalized spacial score (nSPS) is 9.40. The molecule has 118 valence electrons. The van der Waals surface area contributed by atoms with Crippen LogP contribution in [0.5, 0.6) is 0 Å². The number of nitrogens with one attached hydrogen (secondary N) is 1. The molecule has 0 aliphatic carbocycles. The molecule has 3 aromatic rings. The van der Waals surface area contributed by atoms with Gasteiger partial charge in [0.25, 0.3) is 5.91 Å². The SMILES string of the molecule is N#Cc1cccc(C(=O)Nc2cccc(C#Cc3ccccn3)c2)c1. The van der Waals surface area contributed by atoms with Crippen molar-refractivity contribution in [2.24, 2.45) is 0 Å². The summed E-state index contributed by atoms with van der Waals surface area (Å²) in [6, 6.07) is 21.4. The maximum absolute atomic E-state index is 12.3. The Morgan fingerprint density at radius 3 is 2.56 bits per heavy atom. The highest BCUT2D eigenvalue weighted by atomic mass is 16.1. The molecule has 4 heteroatoms. The molecule has 1 aromatic heterocycles. The van der Waals surface area contributed by atoms with Crippen LogP contribution in [0.4, 0.5) is 5.69 Å². The van der Waals surface area contributed by atoms with E-state index in [2.05, 4.69) is 22.1 Å². The Morgan fingerprint density at radius 1 is 0.920 bits per heavy atom. The first-order valence-corrected chi connectivity index (χ1v) is 7.59. The quantitative estimate of drug-likeness (QED) is 0.733. The minimum Gasteiger partial charge on any atom is -0.322 e. The van der Waals surface area contributed by atoms with Crippen LogP contribution >= 0.6 is 0 Å². The van der Waals surface area contributed by atoms with Gasteiger partial charge in [-0.3, -0.25) is 4.79 Å². The molecular weight excluding hydrogens is 310 g/mol. The van der Waals surface area contributed by atoms with Crippen LogP contribution in [0.2, 0.25) is 0 Å². The highest BCUT2D eigenvalue weighted by Crippen LogP contribution is 2.13. The summed E-state index contributed by atoms with van der Waals surface area (Å²) in [5, 5.41) is 11.7. The van der Waals surface area contributed by atoms with E-state index in [1.54, 1.807) is 42.6 Å². The molecule has 0 saturated heterocycles. The van der Waals surface area contributed by atoms with Gasteiger partial charge in [-0.2, -0.15) is 5.26 Å². The van der Waals surface area contributed by atoms with Crippen molar-refractivity contribution < 1.29 is 4.79 Å². The van der Waals surface area contributed by atoms with Gasteiger partial charge in [0.2, 0.25) is 0 Å². The average Bonchev–Trinajstić information content (AvgIpc) is 2.67. The van der Waals surface area contributed by atoms with Gasteiger partial charge in [-0.15, -0.1) is 0 Å². The molecule has 1 N–H and O–H groups in total. The molecule has 1 heterocycles. The van der Waals surface area contributed by atoms with Crippen LogP contribution in [-0.4, -0.2) is 10.9 Å². The lowest BCUT2D eigenvalue weighted by Crippen LogP contribution is -2.12. The monoisotopic (exact) mass is 323 g/mol. The summed E-state index contributed by atoms with van der Waals surface area (Å²) in [5.74, 6) is 5.73. The second-order valence-corrected chi connectivity index (χ2v) is 5.19. The first-order chi connectivity index (χ1) is 12.2. The van der Waals surface area contributed by atoms with Gasteiger partial charge >= 0.3 is 0 Å². The molecule has 3 rings (SSSR count). The fourth-order valence-corrected chi connectivity index (χ4v) is 2.18. The number of nitrogens with zero attached hydrogens (tertiary/aromatic N) is 2. The van der Waals surface area contributed by atoms with E-state index in [0.717, 1.165) is 5.56 Å². The summed E-state index contributed by atoms with van der Waals surface area (Å²) in [6.45, 7) is 0. The van der Waals surface area contributed by atoms with Crippen molar-refractivity contribution in [3.05, 3.63) is 95.3 Å². The van der Waals surface area contributed by atoms with E-state index in [-0.39, 0.29) is 5.91 Å². The van der Waals surface area contributed by atoms with Crippen LogP contribution in [0, 0.1) is 23.2 Å². The van der Waals surface area contributed by atoms with Gasteiger partial charge in [0, 0.05) is 23.0 Å². The number of nitriles is 1. The number of hydrogen-bond donors (Lipinski definition) is 1. The molecule has 0 atom stereocenters. The predicted molar refractivity (Wildman–Crippen MR) is 95.8 cm³/mol. The van der Waals surface area contributed by atoms with E-state index in [0.29, 0.717) is 22.5 Å². The van der Waals surface area contributed by atoms with Crippen LogP contribution in [-0.2, 0) is 0 Å². The third-order valence-corrected chi connectivity index (χ3v) is 3.37. The largest absolute Gasteiger partial charge is 0.322 e. The number of carbonyl (C=O) groups is 1. The zero-order chi connectivity index (χ0) is 17.5. The van der Waals surface area contributed by atoms with Gasteiger partial charge in [-0.1, -0.05) is 24.1 Å². The van der Waals surface area contributed by atoms with Crippen LogP contribution in [0.25, 0.3) is 0 Å². The number of aromatic nitrogens is 1. The van der Waals surface area contributed by atoms with Crippen molar-refractivity contribution in [2.45, 2.75) is 0 Å². The second-order valence-electron chi connectivity index (χ2n) is 5.19. The number of hydrogen-bond acceptors (Lipinski definition) is 3. The van der Waals surface area contributed by atoms with E-state index >= 15 is 0 Å². The Labute approximate surface area is 145 Å². The summed E-state index contributed by atoms with van der Waals surface area (Å²) in [6.07, 6.45) is 1.69. The van der Waals surface area contributed by atoms with Gasteiger partial charge < -0.3 is 5.32 Å². The molecule has 4 nitrogen and oxygen atoms in total. The molecule has 1 amide bonds. The van der Waals surface area contributed by atoms with E-state index in [1.165, 1.54) is 0 Å². The average molecular weight is 323 g/mol. The van der Waals surface area contributed by atoms with Gasteiger partial charge in [0.1, 0.15) is 5.69 Å². The molecule has 0 saturated carbocycles. The Hall–Kier alpha value is -3.89. The Bertz CT molecular complexity index is 1010. The lowest BCUT2D eigenvalue weighted by Gasteiger charge is -2.06. The molecule has 2 aromatic carbocycles. The van der Waals surface area contributed by atoms with Crippen molar-refractivity contribution in [1.29, 1.82) is 5.26 Å². The van der Waals surface area contributed by atoms with Crippen molar-refractivity contribution >= 4 is 11.6 Å². The number of anilines is 1. The third-order valence-electron chi connectivity index (χ3n) is 3.37. The molecular formula is C21H13N3O. The number of rotatable bonds is 2. The van der Waals surface area contributed by atoms with Crippen molar-refractivity contribution in [1.82, 2.24) is 4.98 Å². The molecule has 0 spiro atoms. The summed E-state index contributed by atoms with van der Waals surface area (Å²) in [7, 11) is 0. The van der Waals surface area contributed by atoms with Crippen molar-refractivity contribution in [2.75, 3.05) is 5.32 Å². The second kappa shape index (κ2) is 7.59. The van der Waals surface area contributed by atoms with E-state index in [4.69, 9.17) is 5.26 Å². The van der Waals surface area contributed by atoms with Crippen LogP contribution in [0.3, 0.4) is 0 Å². The molecule has 0 unspecified atom stereocenters. The zero-order valence-electron chi connectivity index (χ0n) is 13.2. The van der Waals surface area contributed by atoms with E-state index in [9.17, 15) is 4.79 Å². The topological polar surface area (TPSA) is 65.8 Å². The van der Waals surface area contributed by atoms with E-state index in [1.807, 2.05) is 36.4 Å². The molecule has 0 radical (unpaired) electrons. The predicted octanol–water partition coefficient (Wildman–Crippen LogP) is 3.61. The van der Waals surface area contributed by atoms with Gasteiger partial charge in [0.15, 0.2) is 0 Å². The first-order valence-electron chi connectivity index (χ1n) is 7.59. The summed E-state index contributed by atoms with van der Waals surface area (Å²) < 4.78 is 0. The highest BCUT2D eigenvalue weighted by Gasteiger charge is 2.07. The molecule has 0 bridgehead atoms. The Kier molecular flexibility index (Phi) is 4.85. The molecule has 0 fully saturated rings.